The third kappa shape index (κ3) is 4.95. The summed E-state index contributed by atoms with van der Waals surface area (Å²) in [6, 6.07) is 9.76. The molecule has 0 bridgehead atoms. The van der Waals surface area contributed by atoms with Crippen molar-refractivity contribution in [3.63, 3.8) is 0 Å². The van der Waals surface area contributed by atoms with E-state index >= 15 is 0 Å². The Morgan fingerprint density at radius 1 is 0.926 bits per heavy atom. The maximum Gasteiger partial charge on any atom is 0.380 e. The molecule has 0 saturated carbocycles. The molecule has 3 rings (SSSR count). The van der Waals surface area contributed by atoms with Crippen molar-refractivity contribution in [3.05, 3.63) is 53.6 Å². The number of hydrogen-bond donors (Lipinski definition) is 2. The van der Waals surface area contributed by atoms with Gasteiger partial charge < -0.3 is 13.1 Å². The first-order chi connectivity index (χ1) is 12.5. The van der Waals surface area contributed by atoms with E-state index in [0.717, 1.165) is 0 Å². The minimum absolute atomic E-state index is 0.0127. The summed E-state index contributed by atoms with van der Waals surface area (Å²) in [7, 11) is -8.43. The van der Waals surface area contributed by atoms with E-state index in [9.17, 15) is 21.6 Å². The van der Waals surface area contributed by atoms with Gasteiger partial charge in [0.2, 0.25) is 0 Å². The lowest BCUT2D eigenvalue weighted by atomic mass is 9.96. The number of hydrogen-bond acceptors (Lipinski definition) is 8. The molecular formula is C15H14N2O8S2. The van der Waals surface area contributed by atoms with Crippen LogP contribution in [0.15, 0.2) is 42.5 Å². The van der Waals surface area contributed by atoms with Gasteiger partial charge in [0.1, 0.15) is 23.4 Å². The molecule has 10 nitrogen and oxygen atoms in total. The van der Waals surface area contributed by atoms with Gasteiger partial charge in [-0.3, -0.25) is 4.79 Å². The van der Waals surface area contributed by atoms with Crippen molar-refractivity contribution in [2.24, 2.45) is 10.3 Å². The number of benzene rings is 2. The second-order valence-electron chi connectivity index (χ2n) is 5.62. The number of nitrogens with two attached hydrogens (primary N) is 2. The summed E-state index contributed by atoms with van der Waals surface area (Å²) in [4.78, 5) is 12.4. The van der Waals surface area contributed by atoms with Gasteiger partial charge in [-0.25, -0.2) is 0 Å². The molecule has 12 heteroatoms. The SMILES string of the molecule is NS(=O)(=O)Oc1cccc(C2CC(=O)c3ccc(OS(N)(=O)=O)cc3O2)c1. The number of Topliss-reactive ketones (excluding diaryl/α,β-unsaturated/α-hetero) is 1. The van der Waals surface area contributed by atoms with E-state index in [1.54, 1.807) is 6.07 Å². The largest absolute Gasteiger partial charge is 0.484 e. The number of rotatable bonds is 5. The molecule has 2 aromatic rings. The smallest absolute Gasteiger partial charge is 0.380 e. The molecule has 0 aromatic heterocycles. The molecule has 0 amide bonds. The Hall–Kier alpha value is -2.67. The van der Waals surface area contributed by atoms with Crippen LogP contribution >= 0.6 is 0 Å². The average molecular weight is 414 g/mol. The van der Waals surface area contributed by atoms with Gasteiger partial charge in [0.25, 0.3) is 0 Å². The van der Waals surface area contributed by atoms with Crippen LogP contribution in [0.25, 0.3) is 0 Å². The van der Waals surface area contributed by atoms with Gasteiger partial charge in [0.05, 0.1) is 12.0 Å². The van der Waals surface area contributed by atoms with Gasteiger partial charge in [-0.2, -0.15) is 27.1 Å². The molecule has 0 saturated heterocycles. The summed E-state index contributed by atoms with van der Waals surface area (Å²) in [5.41, 5.74) is 0.720. The second-order valence-corrected chi connectivity index (χ2v) is 7.92. The van der Waals surface area contributed by atoms with Gasteiger partial charge in [-0.1, -0.05) is 12.1 Å². The Morgan fingerprint density at radius 3 is 2.19 bits per heavy atom. The van der Waals surface area contributed by atoms with E-state index in [4.69, 9.17) is 15.0 Å². The Bertz CT molecular complexity index is 1110. The van der Waals surface area contributed by atoms with E-state index in [2.05, 4.69) is 8.37 Å². The summed E-state index contributed by atoms with van der Waals surface area (Å²) in [5.74, 6) is -0.296. The highest BCUT2D eigenvalue weighted by atomic mass is 32.2. The van der Waals surface area contributed by atoms with Crippen molar-refractivity contribution in [1.82, 2.24) is 0 Å². The van der Waals surface area contributed by atoms with E-state index < -0.39 is 26.7 Å². The summed E-state index contributed by atoms with van der Waals surface area (Å²) < 4.78 is 59.1. The number of ether oxygens (including phenoxy) is 1. The third-order valence-corrected chi connectivity index (χ3v) is 4.40. The normalized spacial score (nSPS) is 17.0. The summed E-state index contributed by atoms with van der Waals surface area (Å²) in [6.07, 6.45) is -0.764. The van der Waals surface area contributed by atoms with E-state index in [1.807, 2.05) is 0 Å². The zero-order valence-electron chi connectivity index (χ0n) is 13.6. The molecule has 1 aliphatic rings. The fraction of sp³-hybridized carbons (Fsp3) is 0.133. The molecule has 4 N–H and O–H groups in total. The molecule has 144 valence electrons. The first kappa shape index (κ1) is 19.1. The maximum absolute atomic E-state index is 12.4. The van der Waals surface area contributed by atoms with Crippen LogP contribution < -0.4 is 23.4 Å². The highest BCUT2D eigenvalue weighted by molar-refractivity contribution is 7.85. The van der Waals surface area contributed by atoms with Crippen molar-refractivity contribution in [1.29, 1.82) is 0 Å². The van der Waals surface area contributed by atoms with Crippen LogP contribution in [0, 0.1) is 0 Å². The maximum atomic E-state index is 12.4. The molecular weight excluding hydrogens is 400 g/mol. The zero-order valence-corrected chi connectivity index (χ0v) is 15.2. The first-order valence-corrected chi connectivity index (χ1v) is 10.3. The molecule has 27 heavy (non-hydrogen) atoms. The first-order valence-electron chi connectivity index (χ1n) is 7.38. The van der Waals surface area contributed by atoms with Gasteiger partial charge in [0.15, 0.2) is 5.78 Å². The van der Waals surface area contributed by atoms with E-state index in [1.165, 1.54) is 36.4 Å². The number of carbonyl (C=O) groups is 1. The highest BCUT2D eigenvalue weighted by Gasteiger charge is 2.28. The molecule has 1 unspecified atom stereocenters. The molecule has 1 aliphatic heterocycles. The minimum Gasteiger partial charge on any atom is -0.484 e. The predicted octanol–water partition coefficient (Wildman–Crippen LogP) is 0.558. The molecule has 1 heterocycles. The second kappa shape index (κ2) is 6.81. The lowest BCUT2D eigenvalue weighted by molar-refractivity contribution is 0.0849. The molecule has 1 atom stereocenters. The standard InChI is InChI=1S/C15H14N2O8S2/c16-26(19,20)24-10-3-1-2-9(6-10)14-8-13(18)12-5-4-11(7-15(12)23-14)25-27(17,21)22/h1-7,14H,8H2,(H2,16,19,20)(H2,17,21,22). The fourth-order valence-corrected chi connectivity index (χ4v) is 3.32. The molecule has 2 aromatic carbocycles. The van der Waals surface area contributed by atoms with Crippen LogP contribution in [-0.2, 0) is 20.6 Å². The average Bonchev–Trinajstić information content (AvgIpc) is 2.51. The fourth-order valence-electron chi connectivity index (χ4n) is 2.58. The minimum atomic E-state index is -4.23. The van der Waals surface area contributed by atoms with Crippen LogP contribution in [0.5, 0.6) is 17.2 Å². The number of carbonyl (C=O) groups excluding carboxylic acids is 1. The van der Waals surface area contributed by atoms with Crippen LogP contribution in [0.1, 0.15) is 28.4 Å². The Kier molecular flexibility index (Phi) is 4.82. The van der Waals surface area contributed by atoms with Crippen LogP contribution in [-0.4, -0.2) is 22.6 Å². The lowest BCUT2D eigenvalue weighted by Crippen LogP contribution is -2.22. The van der Waals surface area contributed by atoms with Crippen molar-refractivity contribution < 1.29 is 34.7 Å². The Morgan fingerprint density at radius 2 is 1.56 bits per heavy atom. The van der Waals surface area contributed by atoms with Gasteiger partial charge in [0, 0.05) is 6.07 Å². The van der Waals surface area contributed by atoms with Crippen LogP contribution in [0.3, 0.4) is 0 Å². The van der Waals surface area contributed by atoms with Crippen LogP contribution in [0.4, 0.5) is 0 Å². The van der Waals surface area contributed by atoms with Crippen molar-refractivity contribution in [2.45, 2.75) is 12.5 Å². The van der Waals surface area contributed by atoms with Crippen molar-refractivity contribution >= 4 is 26.4 Å². The Balaban J connectivity index is 1.90. The zero-order chi connectivity index (χ0) is 19.8. The Labute approximate surface area is 155 Å². The summed E-state index contributed by atoms with van der Waals surface area (Å²) >= 11 is 0. The number of fused-ring (bicyclic) bond motifs is 1. The predicted molar refractivity (Wildman–Crippen MR) is 92.7 cm³/mol. The molecule has 0 fully saturated rings. The monoisotopic (exact) mass is 414 g/mol. The van der Waals surface area contributed by atoms with E-state index in [-0.39, 0.29) is 35.0 Å². The quantitative estimate of drug-likeness (QED) is 0.716. The topological polar surface area (TPSA) is 165 Å². The number of ketones is 1. The van der Waals surface area contributed by atoms with Gasteiger partial charge in [-0.05, 0) is 29.8 Å². The van der Waals surface area contributed by atoms with Gasteiger partial charge in [-0.15, -0.1) is 0 Å². The molecule has 0 spiro atoms. The highest BCUT2D eigenvalue weighted by Crippen LogP contribution is 2.37. The summed E-state index contributed by atoms with van der Waals surface area (Å²) in [5, 5.41) is 9.67. The van der Waals surface area contributed by atoms with Crippen LogP contribution in [0.2, 0.25) is 0 Å². The van der Waals surface area contributed by atoms with Crippen molar-refractivity contribution in [3.8, 4) is 17.2 Å². The lowest BCUT2D eigenvalue weighted by Gasteiger charge is -2.26. The third-order valence-electron chi connectivity index (χ3n) is 3.55. The summed E-state index contributed by atoms with van der Waals surface area (Å²) in [6.45, 7) is 0. The van der Waals surface area contributed by atoms with Gasteiger partial charge >= 0.3 is 20.6 Å². The molecule has 0 radical (unpaired) electrons. The van der Waals surface area contributed by atoms with E-state index in [0.29, 0.717) is 5.56 Å². The van der Waals surface area contributed by atoms with Crippen molar-refractivity contribution in [2.75, 3.05) is 0 Å². The molecule has 0 aliphatic carbocycles.